The lowest BCUT2D eigenvalue weighted by Crippen LogP contribution is -2.22. The van der Waals surface area contributed by atoms with Gasteiger partial charge in [-0.3, -0.25) is 10.1 Å². The molecule has 3 rings (SSSR count). The highest BCUT2D eigenvalue weighted by molar-refractivity contribution is 6.04. The Morgan fingerprint density at radius 1 is 1.32 bits per heavy atom. The minimum atomic E-state index is -0.332. The molecule has 1 amide bonds. The summed E-state index contributed by atoms with van der Waals surface area (Å²) >= 11 is 0. The number of carbonyl (C=O) groups excluding carboxylic acids is 1. The topological polar surface area (TPSA) is 98.7 Å². The van der Waals surface area contributed by atoms with Crippen LogP contribution in [0, 0.1) is 6.92 Å². The number of anilines is 1. The van der Waals surface area contributed by atoms with Crippen molar-refractivity contribution in [3.8, 4) is 0 Å². The van der Waals surface area contributed by atoms with Crippen molar-refractivity contribution in [2.45, 2.75) is 33.2 Å². The average molecular weight is 300 g/mol. The smallest absolute Gasteiger partial charge is 0.259 e. The van der Waals surface area contributed by atoms with Gasteiger partial charge in [0.15, 0.2) is 0 Å². The fourth-order valence-corrected chi connectivity index (χ4v) is 1.89. The fourth-order valence-electron chi connectivity index (χ4n) is 1.89. The summed E-state index contributed by atoms with van der Waals surface area (Å²) < 4.78 is 6.71. The summed E-state index contributed by atoms with van der Waals surface area (Å²) in [5, 5.41) is 11.4. The first-order chi connectivity index (χ1) is 10.3. The number of aryl methyl sites for hydroxylation is 1. The third kappa shape index (κ3) is 2.54. The molecule has 22 heavy (non-hydrogen) atoms. The first kappa shape index (κ1) is 14.2. The molecule has 1 N–H and O–H groups in total. The first-order valence-corrected chi connectivity index (χ1v) is 6.80. The summed E-state index contributed by atoms with van der Waals surface area (Å²) in [4.78, 5) is 20.4. The number of aromatic nitrogens is 5. The van der Waals surface area contributed by atoms with Crippen LogP contribution < -0.4 is 5.32 Å². The van der Waals surface area contributed by atoms with Crippen LogP contribution in [-0.4, -0.2) is 30.8 Å². The SMILES string of the molecule is Cc1noc2ncc(C(=O)Nc3ncn(C(C)(C)C)n3)cc12. The zero-order valence-corrected chi connectivity index (χ0v) is 12.8. The maximum Gasteiger partial charge on any atom is 0.259 e. The van der Waals surface area contributed by atoms with Crippen molar-refractivity contribution < 1.29 is 9.32 Å². The third-order valence-electron chi connectivity index (χ3n) is 3.18. The molecule has 0 atom stereocenters. The number of nitrogens with zero attached hydrogens (tertiary/aromatic N) is 5. The Balaban J connectivity index is 1.83. The zero-order valence-electron chi connectivity index (χ0n) is 12.8. The molecular formula is C14H16N6O2. The summed E-state index contributed by atoms with van der Waals surface area (Å²) in [7, 11) is 0. The fraction of sp³-hybridized carbons (Fsp3) is 0.357. The summed E-state index contributed by atoms with van der Waals surface area (Å²) in [5.41, 5.74) is 1.29. The van der Waals surface area contributed by atoms with Crippen molar-refractivity contribution in [1.82, 2.24) is 24.9 Å². The van der Waals surface area contributed by atoms with Crippen molar-refractivity contribution in [1.29, 1.82) is 0 Å². The lowest BCUT2D eigenvalue weighted by atomic mass is 10.1. The highest BCUT2D eigenvalue weighted by Gasteiger charge is 2.17. The minimum absolute atomic E-state index is 0.198. The molecule has 0 unspecified atom stereocenters. The van der Waals surface area contributed by atoms with E-state index in [-0.39, 0.29) is 17.4 Å². The van der Waals surface area contributed by atoms with Gasteiger partial charge in [-0.2, -0.15) is 0 Å². The molecule has 8 heteroatoms. The van der Waals surface area contributed by atoms with Crippen LogP contribution in [0.25, 0.3) is 11.1 Å². The van der Waals surface area contributed by atoms with E-state index in [2.05, 4.69) is 25.5 Å². The standard InChI is InChI=1S/C14H16N6O2/c1-8-10-5-9(6-15-12(10)22-19-8)11(21)17-13-16-7-20(18-13)14(2,3)4/h5-7H,1-4H3,(H,17,18,21). The Labute approximate surface area is 126 Å². The first-order valence-electron chi connectivity index (χ1n) is 6.80. The molecule has 3 aromatic rings. The molecule has 0 aliphatic rings. The molecule has 3 aromatic heterocycles. The molecule has 0 fully saturated rings. The molecule has 0 saturated heterocycles. The van der Waals surface area contributed by atoms with E-state index >= 15 is 0 Å². The predicted octanol–water partition coefficient (Wildman–Crippen LogP) is 2.13. The van der Waals surface area contributed by atoms with Crippen LogP contribution in [0.15, 0.2) is 23.1 Å². The molecule has 0 aliphatic heterocycles. The molecule has 0 bridgehead atoms. The van der Waals surface area contributed by atoms with Crippen molar-refractivity contribution in [3.63, 3.8) is 0 Å². The number of pyridine rings is 1. The van der Waals surface area contributed by atoms with Crippen molar-refractivity contribution in [2.75, 3.05) is 5.32 Å². The maximum atomic E-state index is 12.3. The quantitative estimate of drug-likeness (QED) is 0.778. The monoisotopic (exact) mass is 300 g/mol. The molecule has 0 radical (unpaired) electrons. The van der Waals surface area contributed by atoms with E-state index in [1.54, 1.807) is 24.0 Å². The number of carbonyl (C=O) groups is 1. The predicted molar refractivity (Wildman–Crippen MR) is 79.5 cm³/mol. The van der Waals surface area contributed by atoms with E-state index in [9.17, 15) is 4.79 Å². The van der Waals surface area contributed by atoms with Gasteiger partial charge in [0.05, 0.1) is 22.2 Å². The van der Waals surface area contributed by atoms with Crippen LogP contribution in [0.3, 0.4) is 0 Å². The van der Waals surface area contributed by atoms with Gasteiger partial charge in [-0.15, -0.1) is 5.10 Å². The van der Waals surface area contributed by atoms with E-state index in [1.807, 2.05) is 20.8 Å². The lowest BCUT2D eigenvalue weighted by molar-refractivity contribution is 0.102. The van der Waals surface area contributed by atoms with Gasteiger partial charge < -0.3 is 4.52 Å². The van der Waals surface area contributed by atoms with Crippen LogP contribution in [-0.2, 0) is 5.54 Å². The highest BCUT2D eigenvalue weighted by atomic mass is 16.5. The Hall–Kier alpha value is -2.77. The van der Waals surface area contributed by atoms with E-state index in [4.69, 9.17) is 4.52 Å². The van der Waals surface area contributed by atoms with Gasteiger partial charge in [-0.05, 0) is 33.8 Å². The number of hydrogen-bond acceptors (Lipinski definition) is 6. The maximum absolute atomic E-state index is 12.3. The van der Waals surface area contributed by atoms with Crippen LogP contribution in [0.2, 0.25) is 0 Å². The second-order valence-corrected chi connectivity index (χ2v) is 5.98. The molecule has 8 nitrogen and oxygen atoms in total. The Morgan fingerprint density at radius 2 is 2.09 bits per heavy atom. The van der Waals surface area contributed by atoms with Crippen LogP contribution in [0.1, 0.15) is 36.8 Å². The number of nitrogens with one attached hydrogen (secondary N) is 1. The largest absolute Gasteiger partial charge is 0.336 e. The van der Waals surface area contributed by atoms with Crippen LogP contribution >= 0.6 is 0 Å². The highest BCUT2D eigenvalue weighted by Crippen LogP contribution is 2.17. The van der Waals surface area contributed by atoms with Gasteiger partial charge >= 0.3 is 0 Å². The lowest BCUT2D eigenvalue weighted by Gasteiger charge is -2.17. The van der Waals surface area contributed by atoms with Gasteiger partial charge in [-0.1, -0.05) is 5.16 Å². The van der Waals surface area contributed by atoms with Gasteiger partial charge in [0.25, 0.3) is 11.6 Å². The molecule has 0 aromatic carbocycles. The molecule has 114 valence electrons. The van der Waals surface area contributed by atoms with Gasteiger partial charge in [0.1, 0.15) is 6.33 Å². The van der Waals surface area contributed by atoms with Gasteiger partial charge in [0, 0.05) is 6.20 Å². The van der Waals surface area contributed by atoms with Gasteiger partial charge in [-0.25, -0.2) is 14.6 Å². The number of rotatable bonds is 2. The minimum Gasteiger partial charge on any atom is -0.336 e. The Bertz CT molecular complexity index is 843. The van der Waals surface area contributed by atoms with Crippen molar-refractivity contribution >= 4 is 23.0 Å². The second-order valence-electron chi connectivity index (χ2n) is 5.98. The van der Waals surface area contributed by atoms with Crippen molar-refractivity contribution in [3.05, 3.63) is 29.8 Å². The summed E-state index contributed by atoms with van der Waals surface area (Å²) in [6, 6.07) is 1.68. The van der Waals surface area contributed by atoms with E-state index < -0.39 is 0 Å². The van der Waals surface area contributed by atoms with E-state index in [0.29, 0.717) is 22.4 Å². The summed E-state index contributed by atoms with van der Waals surface area (Å²) in [6.45, 7) is 7.79. The van der Waals surface area contributed by atoms with Crippen LogP contribution in [0.5, 0.6) is 0 Å². The average Bonchev–Trinajstić information content (AvgIpc) is 3.06. The van der Waals surface area contributed by atoms with E-state index in [0.717, 1.165) is 0 Å². The zero-order chi connectivity index (χ0) is 15.9. The Kier molecular flexibility index (Phi) is 3.16. The number of amides is 1. The van der Waals surface area contributed by atoms with Gasteiger partial charge in [0.2, 0.25) is 5.95 Å². The molecule has 3 heterocycles. The molecule has 0 spiro atoms. The Morgan fingerprint density at radius 3 is 2.77 bits per heavy atom. The second kappa shape index (κ2) is 4.90. The summed E-state index contributed by atoms with van der Waals surface area (Å²) in [6.07, 6.45) is 3.02. The van der Waals surface area contributed by atoms with Crippen molar-refractivity contribution in [2.24, 2.45) is 0 Å². The summed E-state index contributed by atoms with van der Waals surface area (Å²) in [5.74, 6) is -0.0799. The normalized spacial score (nSPS) is 11.8. The third-order valence-corrected chi connectivity index (χ3v) is 3.18. The van der Waals surface area contributed by atoms with Crippen LogP contribution in [0.4, 0.5) is 5.95 Å². The molecule has 0 aliphatic carbocycles. The van der Waals surface area contributed by atoms with E-state index in [1.165, 1.54) is 6.20 Å². The molecule has 0 saturated carbocycles. The number of hydrogen-bond donors (Lipinski definition) is 1. The number of fused-ring (bicyclic) bond motifs is 1. The molecular weight excluding hydrogens is 284 g/mol.